The Balaban J connectivity index is 2.76. The molecule has 0 saturated carbocycles. The Morgan fingerprint density at radius 3 is 0.920 bits per heavy atom. The Morgan fingerprint density at radius 2 is 0.720 bits per heavy atom. The van der Waals surface area contributed by atoms with E-state index in [-0.39, 0.29) is 0 Å². The number of hydrogen-bond acceptors (Lipinski definition) is 2. The van der Waals surface area contributed by atoms with Crippen LogP contribution in [-0.4, -0.2) is 0 Å². The third-order valence-electron chi connectivity index (χ3n) is 3.29. The van der Waals surface area contributed by atoms with Crippen LogP contribution in [0.2, 0.25) is 0 Å². The van der Waals surface area contributed by atoms with Crippen LogP contribution in [0.5, 0.6) is 0 Å². The summed E-state index contributed by atoms with van der Waals surface area (Å²) in [6, 6.07) is 1.72. The highest BCUT2D eigenvalue weighted by atomic mass is 19.2. The molecule has 0 unspecified atom stereocenters. The van der Waals surface area contributed by atoms with Crippen molar-refractivity contribution in [2.24, 2.45) is 0 Å². The molecule has 2 aromatic rings. The van der Waals surface area contributed by atoms with Gasteiger partial charge in [0.1, 0.15) is 23.3 Å². The predicted octanol–water partition coefficient (Wildman–Crippen LogP) is 4.13. The average Bonchev–Trinajstić information content (AvgIpc) is 2.59. The maximum Gasteiger partial charge on any atom is 0.180 e. The van der Waals surface area contributed by atoms with Crippen molar-refractivity contribution in [2.75, 3.05) is 0 Å². The third kappa shape index (κ3) is 2.66. The molecule has 0 amide bonds. The highest BCUT2D eigenvalue weighted by Crippen LogP contribution is 2.30. The molecule has 0 heterocycles. The van der Waals surface area contributed by atoms with Crippen molar-refractivity contribution in [3.8, 4) is 12.1 Å². The molecule has 0 saturated heterocycles. The molecule has 0 aliphatic heterocycles. The van der Waals surface area contributed by atoms with Crippen LogP contribution in [0.4, 0.5) is 35.1 Å². The summed E-state index contributed by atoms with van der Waals surface area (Å²) in [5.74, 6) is -17.1. The Labute approximate surface area is 134 Å². The van der Waals surface area contributed by atoms with E-state index in [1.54, 1.807) is 0 Å². The molecule has 0 aromatic heterocycles. The fourth-order valence-electron chi connectivity index (χ4n) is 2.04. The molecule has 0 spiro atoms. The second-order valence-corrected chi connectivity index (χ2v) is 4.62. The minimum absolute atomic E-state index is 0.858. The predicted molar refractivity (Wildman–Crippen MR) is 64.8 cm³/mol. The van der Waals surface area contributed by atoms with Crippen molar-refractivity contribution >= 4 is 0 Å². The highest BCUT2D eigenvalue weighted by Gasteiger charge is 2.30. The van der Waals surface area contributed by atoms with Crippen LogP contribution in [0.25, 0.3) is 0 Å². The molecule has 0 N–H and O–H groups in total. The minimum atomic E-state index is -2.15. The van der Waals surface area contributed by atoms with Gasteiger partial charge in [0.2, 0.25) is 0 Å². The van der Waals surface area contributed by atoms with E-state index in [9.17, 15) is 35.1 Å². The lowest BCUT2D eigenvalue weighted by molar-refractivity contribution is 0.423. The first-order chi connectivity index (χ1) is 11.7. The Hall–Kier alpha value is -3.14. The summed E-state index contributed by atoms with van der Waals surface area (Å²) in [5.41, 5.74) is -6.40. The number of nitrogens with zero attached hydrogens (tertiary/aromatic N) is 2. The molecule has 2 aromatic carbocycles. The second-order valence-electron chi connectivity index (χ2n) is 4.62. The van der Waals surface area contributed by atoms with Crippen LogP contribution in [-0.2, 0) is 6.42 Å². The lowest BCUT2D eigenvalue weighted by Crippen LogP contribution is -2.12. The number of nitriles is 2. The first kappa shape index (κ1) is 18.2. The van der Waals surface area contributed by atoms with Crippen LogP contribution < -0.4 is 0 Å². The normalized spacial score (nSPS) is 10.5. The van der Waals surface area contributed by atoms with Gasteiger partial charge in [0.05, 0.1) is 0 Å². The van der Waals surface area contributed by atoms with Gasteiger partial charge in [-0.3, -0.25) is 0 Å². The molecule has 2 nitrogen and oxygen atoms in total. The van der Waals surface area contributed by atoms with Crippen molar-refractivity contribution in [2.45, 2.75) is 6.42 Å². The number of hydrogen-bond donors (Lipinski definition) is 0. The quantitative estimate of drug-likeness (QED) is 0.596. The average molecular weight is 362 g/mol. The van der Waals surface area contributed by atoms with E-state index in [0.717, 1.165) is 12.1 Å². The van der Waals surface area contributed by atoms with Gasteiger partial charge in [-0.2, -0.15) is 10.5 Å². The third-order valence-corrected chi connectivity index (χ3v) is 3.29. The van der Waals surface area contributed by atoms with Crippen LogP contribution in [0.15, 0.2) is 0 Å². The summed E-state index contributed by atoms with van der Waals surface area (Å²) in [5, 5.41) is 16.9. The molecular formula is C15H2F8N2. The highest BCUT2D eigenvalue weighted by molar-refractivity contribution is 5.42. The van der Waals surface area contributed by atoms with E-state index in [4.69, 9.17) is 10.5 Å². The zero-order valence-electron chi connectivity index (χ0n) is 11.6. The number of halogens is 8. The first-order valence-electron chi connectivity index (χ1n) is 6.17. The number of rotatable bonds is 2. The zero-order chi connectivity index (χ0) is 19.0. The molecule has 128 valence electrons. The fourth-order valence-corrected chi connectivity index (χ4v) is 2.04. The van der Waals surface area contributed by atoms with Crippen LogP contribution >= 0.6 is 0 Å². The Kier molecular flexibility index (Phi) is 4.66. The summed E-state index contributed by atoms with van der Waals surface area (Å²) >= 11 is 0. The molecular weight excluding hydrogens is 360 g/mol. The van der Waals surface area contributed by atoms with Crippen LogP contribution in [0, 0.1) is 69.2 Å². The van der Waals surface area contributed by atoms with E-state index in [2.05, 4.69) is 0 Å². The topological polar surface area (TPSA) is 47.6 Å². The molecule has 0 atom stereocenters. The van der Waals surface area contributed by atoms with Gasteiger partial charge in [0, 0.05) is 17.5 Å². The van der Waals surface area contributed by atoms with Crippen molar-refractivity contribution in [3.05, 3.63) is 68.8 Å². The maximum absolute atomic E-state index is 13.8. The summed E-state index contributed by atoms with van der Waals surface area (Å²) in [6.07, 6.45) is -1.62. The number of benzene rings is 2. The SMILES string of the molecule is N#Cc1c(F)c(F)c(Cc2c(F)c(F)c(C#N)c(F)c2F)c(F)c1F. The standard InChI is InChI=1S/C15H2F8N2/c16-8-4(9(17)13(21)6(2-24)12(8)20)1-5-10(18)14(22)7(3-25)15(23)11(5)19/h1H2. The van der Waals surface area contributed by atoms with Gasteiger partial charge in [-0.05, 0) is 0 Å². The Morgan fingerprint density at radius 1 is 0.480 bits per heavy atom. The monoisotopic (exact) mass is 362 g/mol. The van der Waals surface area contributed by atoms with E-state index in [1.165, 1.54) is 0 Å². The van der Waals surface area contributed by atoms with Crippen molar-refractivity contribution in [3.63, 3.8) is 0 Å². The fraction of sp³-hybridized carbons (Fsp3) is 0.0667. The van der Waals surface area contributed by atoms with Crippen LogP contribution in [0.1, 0.15) is 22.3 Å². The minimum Gasteiger partial charge on any atom is -0.203 e. The largest absolute Gasteiger partial charge is 0.203 e. The smallest absolute Gasteiger partial charge is 0.180 e. The lowest BCUT2D eigenvalue weighted by Gasteiger charge is -2.11. The van der Waals surface area contributed by atoms with E-state index >= 15 is 0 Å². The lowest BCUT2D eigenvalue weighted by atomic mass is 9.98. The molecule has 0 fully saturated rings. The molecule has 0 aliphatic rings. The summed E-state index contributed by atoms with van der Waals surface area (Å²) in [6.45, 7) is 0. The van der Waals surface area contributed by atoms with Crippen molar-refractivity contribution in [1.82, 2.24) is 0 Å². The van der Waals surface area contributed by atoms with Gasteiger partial charge in [0.15, 0.2) is 46.5 Å². The molecule has 0 radical (unpaired) electrons. The molecule has 25 heavy (non-hydrogen) atoms. The summed E-state index contributed by atoms with van der Waals surface area (Å²) in [7, 11) is 0. The summed E-state index contributed by atoms with van der Waals surface area (Å²) < 4.78 is 109. The maximum atomic E-state index is 13.8. The van der Waals surface area contributed by atoms with E-state index < -0.39 is 75.2 Å². The Bertz CT molecular complexity index is 847. The zero-order valence-corrected chi connectivity index (χ0v) is 11.6. The van der Waals surface area contributed by atoms with Gasteiger partial charge >= 0.3 is 0 Å². The van der Waals surface area contributed by atoms with Crippen molar-refractivity contribution in [1.29, 1.82) is 10.5 Å². The first-order valence-corrected chi connectivity index (χ1v) is 6.17. The van der Waals surface area contributed by atoms with Crippen LogP contribution in [0.3, 0.4) is 0 Å². The van der Waals surface area contributed by atoms with Gasteiger partial charge in [0.25, 0.3) is 0 Å². The van der Waals surface area contributed by atoms with E-state index in [0.29, 0.717) is 0 Å². The molecule has 0 aliphatic carbocycles. The summed E-state index contributed by atoms with van der Waals surface area (Å²) in [4.78, 5) is 0. The van der Waals surface area contributed by atoms with Gasteiger partial charge in [-0.15, -0.1) is 0 Å². The van der Waals surface area contributed by atoms with Gasteiger partial charge < -0.3 is 0 Å². The van der Waals surface area contributed by atoms with E-state index in [1.807, 2.05) is 0 Å². The van der Waals surface area contributed by atoms with Gasteiger partial charge in [-0.25, -0.2) is 35.1 Å². The van der Waals surface area contributed by atoms with Gasteiger partial charge in [-0.1, -0.05) is 0 Å². The molecule has 2 rings (SSSR count). The van der Waals surface area contributed by atoms with Crippen molar-refractivity contribution < 1.29 is 35.1 Å². The second kappa shape index (κ2) is 6.40. The molecule has 10 heteroatoms. The molecule has 0 bridgehead atoms.